The molecule has 9 nitrogen and oxygen atoms in total. The van der Waals surface area contributed by atoms with Crippen LogP contribution in [0.4, 0.5) is 5.69 Å². The quantitative estimate of drug-likeness (QED) is 0.508. The van der Waals surface area contributed by atoms with E-state index in [2.05, 4.69) is 32.3 Å². The van der Waals surface area contributed by atoms with Crippen molar-refractivity contribution in [3.8, 4) is 17.6 Å². The number of likely N-dealkylation sites (N-methyl/N-ethyl adjacent to an activating group) is 1. The lowest BCUT2D eigenvalue weighted by Gasteiger charge is -2.20. The van der Waals surface area contributed by atoms with E-state index in [0.29, 0.717) is 29.2 Å². The Hall–Kier alpha value is -4.16. The van der Waals surface area contributed by atoms with E-state index < -0.39 is 30.3 Å². The molecule has 34 heavy (non-hydrogen) atoms. The number of ether oxygens (including phenoxy) is 1. The average molecular weight is 463 g/mol. The van der Waals surface area contributed by atoms with Crippen molar-refractivity contribution in [1.82, 2.24) is 20.5 Å². The lowest BCUT2D eigenvalue weighted by atomic mass is 10.1. The van der Waals surface area contributed by atoms with E-state index in [9.17, 15) is 14.7 Å². The molecule has 0 radical (unpaired) electrons. The number of aliphatic hydroxyl groups is 1. The Morgan fingerprint density at radius 2 is 2.18 bits per heavy atom. The Morgan fingerprint density at radius 3 is 2.94 bits per heavy atom. The molecule has 2 heterocycles. The predicted molar refractivity (Wildman–Crippen MR) is 125 cm³/mol. The summed E-state index contributed by atoms with van der Waals surface area (Å²) in [7, 11) is 1.52. The summed E-state index contributed by atoms with van der Waals surface area (Å²) < 4.78 is 27.9. The Kier molecular flexibility index (Phi) is 5.33. The van der Waals surface area contributed by atoms with Gasteiger partial charge in [0, 0.05) is 23.1 Å². The van der Waals surface area contributed by atoms with Crippen LogP contribution in [0.1, 0.15) is 45.5 Å². The molecule has 1 aromatic heterocycles. The number of amides is 2. The maximum atomic E-state index is 13.1. The molecule has 3 aromatic rings. The third-order valence-corrected chi connectivity index (χ3v) is 5.06. The fraction of sp³-hybridized carbons (Fsp3) is 0.280. The van der Waals surface area contributed by atoms with Crippen LogP contribution in [-0.2, 0) is 11.2 Å². The molecule has 2 amide bonds. The van der Waals surface area contributed by atoms with Crippen molar-refractivity contribution < 1.29 is 23.5 Å². The van der Waals surface area contributed by atoms with E-state index in [1.807, 2.05) is 30.3 Å². The van der Waals surface area contributed by atoms with E-state index in [1.165, 1.54) is 11.9 Å². The van der Waals surface area contributed by atoms with Crippen molar-refractivity contribution in [2.75, 3.05) is 18.6 Å². The molecule has 2 atom stereocenters. The lowest BCUT2D eigenvalue weighted by molar-refractivity contribution is -0.120. The van der Waals surface area contributed by atoms with E-state index in [0.717, 1.165) is 12.5 Å². The number of hydrogen-bond acceptors (Lipinski definition) is 6. The van der Waals surface area contributed by atoms with Gasteiger partial charge in [0.1, 0.15) is 29.8 Å². The molecule has 0 spiro atoms. The SMILES string of the molecule is [2H]C([2H])([2H])C(C)(O)C#Cc1ccc2c(c1)N(C)C(=O)[C@H](NC(=O)c1n[nH]c(Cc3ccccc3)n1)CO2. The zero-order valence-corrected chi connectivity index (χ0v) is 18.6. The molecule has 0 saturated heterocycles. The molecule has 3 N–H and O–H groups in total. The number of carbonyl (C=O) groups excluding carboxylic acids is 2. The zero-order chi connectivity index (χ0) is 26.8. The van der Waals surface area contributed by atoms with Gasteiger partial charge in [0.2, 0.25) is 5.82 Å². The number of carbonyl (C=O) groups is 2. The van der Waals surface area contributed by atoms with Gasteiger partial charge in [-0.05, 0) is 37.5 Å². The van der Waals surface area contributed by atoms with Crippen LogP contribution in [0.15, 0.2) is 48.5 Å². The molecule has 0 fully saturated rings. The van der Waals surface area contributed by atoms with Crippen molar-refractivity contribution in [2.24, 2.45) is 0 Å². The van der Waals surface area contributed by atoms with Gasteiger partial charge in [-0.15, -0.1) is 5.10 Å². The maximum absolute atomic E-state index is 13.1. The summed E-state index contributed by atoms with van der Waals surface area (Å²) >= 11 is 0. The highest BCUT2D eigenvalue weighted by atomic mass is 16.5. The Morgan fingerprint density at radius 1 is 1.38 bits per heavy atom. The first-order valence-corrected chi connectivity index (χ1v) is 10.5. The van der Waals surface area contributed by atoms with Crippen LogP contribution in [0, 0.1) is 11.8 Å². The zero-order valence-electron chi connectivity index (χ0n) is 21.6. The molecular formula is C25H25N5O4. The van der Waals surface area contributed by atoms with Gasteiger partial charge in [-0.25, -0.2) is 4.98 Å². The minimum absolute atomic E-state index is 0.0954. The molecule has 9 heteroatoms. The van der Waals surface area contributed by atoms with Gasteiger partial charge in [0.25, 0.3) is 11.8 Å². The second kappa shape index (κ2) is 9.37. The number of H-pyrrole nitrogens is 1. The number of nitrogens with zero attached hydrogens (tertiary/aromatic N) is 3. The summed E-state index contributed by atoms with van der Waals surface area (Å²) in [5.74, 6) is 4.72. The number of fused-ring (bicyclic) bond motifs is 1. The maximum Gasteiger partial charge on any atom is 0.291 e. The van der Waals surface area contributed by atoms with Crippen LogP contribution >= 0.6 is 0 Å². The molecule has 174 valence electrons. The molecular weight excluding hydrogens is 434 g/mol. The molecule has 2 aromatic carbocycles. The molecule has 4 rings (SSSR count). The number of hydrogen-bond donors (Lipinski definition) is 3. The third-order valence-electron chi connectivity index (χ3n) is 5.06. The van der Waals surface area contributed by atoms with Gasteiger partial charge in [-0.2, -0.15) is 0 Å². The van der Waals surface area contributed by atoms with E-state index in [-0.39, 0.29) is 12.4 Å². The largest absolute Gasteiger partial charge is 0.489 e. The van der Waals surface area contributed by atoms with Crippen LogP contribution in [0.3, 0.4) is 0 Å². The lowest BCUT2D eigenvalue weighted by Crippen LogP contribution is -2.49. The third kappa shape index (κ3) is 5.42. The topological polar surface area (TPSA) is 120 Å². The smallest absolute Gasteiger partial charge is 0.291 e. The standard InChI is InChI=1S/C25H25N5O4/c1-25(2,33)12-11-17-9-10-20-19(13-17)30(3)24(32)18(15-34-20)26-23(31)22-27-21(28-29-22)14-16-7-5-4-6-8-16/h4-10,13,18,33H,14-15H2,1-3H3,(H,26,31)(H,27,28,29)/t18-/m1/s1/i1D3/t18-,25?. The number of nitrogens with one attached hydrogen (secondary N) is 2. The van der Waals surface area contributed by atoms with E-state index in [1.54, 1.807) is 18.2 Å². The minimum atomic E-state index is -2.68. The first-order chi connectivity index (χ1) is 17.4. The van der Waals surface area contributed by atoms with E-state index >= 15 is 0 Å². The van der Waals surface area contributed by atoms with Crippen LogP contribution in [0.25, 0.3) is 0 Å². The summed E-state index contributed by atoms with van der Waals surface area (Å²) in [6, 6.07) is 13.3. The van der Waals surface area contributed by atoms with Crippen LogP contribution in [0.2, 0.25) is 0 Å². The Labute approximate surface area is 201 Å². The second-order valence-corrected chi connectivity index (χ2v) is 8.01. The summed E-state index contributed by atoms with van der Waals surface area (Å²) in [5, 5.41) is 19.4. The molecule has 0 aliphatic carbocycles. The fourth-order valence-corrected chi connectivity index (χ4v) is 3.36. The average Bonchev–Trinajstić information content (AvgIpc) is 3.29. The number of aromatic nitrogens is 3. The van der Waals surface area contributed by atoms with Gasteiger partial charge >= 0.3 is 0 Å². The van der Waals surface area contributed by atoms with Crippen molar-refractivity contribution in [3.05, 3.63) is 71.3 Å². The summed E-state index contributed by atoms with van der Waals surface area (Å²) in [6.07, 6.45) is 0.470. The first-order valence-electron chi connectivity index (χ1n) is 12.0. The number of rotatable bonds is 4. The van der Waals surface area contributed by atoms with Gasteiger partial charge in [-0.1, -0.05) is 42.2 Å². The van der Waals surface area contributed by atoms with Crippen molar-refractivity contribution in [1.29, 1.82) is 0 Å². The van der Waals surface area contributed by atoms with Gasteiger partial charge in [0.05, 0.1) is 5.69 Å². The Bertz CT molecular complexity index is 1380. The van der Waals surface area contributed by atoms with Crippen molar-refractivity contribution in [3.63, 3.8) is 0 Å². The summed E-state index contributed by atoms with van der Waals surface area (Å²) in [5.41, 5.74) is -0.441. The highest BCUT2D eigenvalue weighted by molar-refractivity contribution is 6.02. The number of anilines is 1. The number of aromatic amines is 1. The van der Waals surface area contributed by atoms with Crippen molar-refractivity contribution >= 4 is 17.5 Å². The first kappa shape index (κ1) is 19.3. The minimum Gasteiger partial charge on any atom is -0.489 e. The van der Waals surface area contributed by atoms with E-state index in [4.69, 9.17) is 8.85 Å². The van der Waals surface area contributed by atoms with Crippen LogP contribution in [0.5, 0.6) is 5.75 Å². The van der Waals surface area contributed by atoms with Gasteiger partial charge in [0.15, 0.2) is 0 Å². The molecule has 0 bridgehead atoms. The molecule has 1 aliphatic heterocycles. The summed E-state index contributed by atoms with van der Waals surface area (Å²) in [4.78, 5) is 31.4. The fourth-order valence-electron chi connectivity index (χ4n) is 3.36. The number of benzene rings is 2. The summed E-state index contributed by atoms with van der Waals surface area (Å²) in [6.45, 7) is -1.69. The van der Waals surface area contributed by atoms with Gasteiger partial charge in [-0.3, -0.25) is 14.7 Å². The van der Waals surface area contributed by atoms with Crippen molar-refractivity contribution in [2.45, 2.75) is 31.8 Å². The highest BCUT2D eigenvalue weighted by Gasteiger charge is 2.31. The van der Waals surface area contributed by atoms with Gasteiger partial charge < -0.3 is 20.1 Å². The highest BCUT2D eigenvalue weighted by Crippen LogP contribution is 2.31. The predicted octanol–water partition coefficient (Wildman–Crippen LogP) is 1.67. The van der Waals surface area contributed by atoms with Crippen LogP contribution < -0.4 is 15.0 Å². The molecule has 1 unspecified atom stereocenters. The molecule has 1 aliphatic rings. The monoisotopic (exact) mass is 462 g/mol. The Balaban J connectivity index is 1.46. The molecule has 0 saturated carbocycles. The van der Waals surface area contributed by atoms with Crippen LogP contribution in [-0.4, -0.2) is 57.4 Å². The normalized spacial score (nSPS) is 18.6. The second-order valence-electron chi connectivity index (χ2n) is 8.01.